The molecule has 5 nitrogen and oxygen atoms in total. The molecule has 0 aliphatic rings. The Kier molecular flexibility index (Phi) is 5.66. The number of benzene rings is 2. The molecule has 6 heteroatoms. The van der Waals surface area contributed by atoms with Crippen molar-refractivity contribution in [3.05, 3.63) is 76.5 Å². The van der Waals surface area contributed by atoms with E-state index >= 15 is 0 Å². The summed E-state index contributed by atoms with van der Waals surface area (Å²) in [5.41, 5.74) is 0.858. The molecule has 132 valence electrons. The third-order valence-electron chi connectivity index (χ3n) is 3.45. The molecule has 0 saturated carbocycles. The molecule has 0 atom stereocenters. The van der Waals surface area contributed by atoms with Gasteiger partial charge in [-0.25, -0.2) is 4.79 Å². The highest BCUT2D eigenvalue weighted by Gasteiger charge is 2.14. The van der Waals surface area contributed by atoms with E-state index in [9.17, 15) is 9.59 Å². The lowest BCUT2D eigenvalue weighted by atomic mass is 10.2. The van der Waals surface area contributed by atoms with Gasteiger partial charge in [0.05, 0.1) is 17.0 Å². The molecule has 1 N–H and O–H groups in total. The predicted molar refractivity (Wildman–Crippen MR) is 101 cm³/mol. The molecule has 0 aliphatic heterocycles. The van der Waals surface area contributed by atoms with Crippen molar-refractivity contribution >= 4 is 28.9 Å². The summed E-state index contributed by atoms with van der Waals surface area (Å²) < 4.78 is 10.9. The number of esters is 1. The van der Waals surface area contributed by atoms with E-state index in [0.29, 0.717) is 34.2 Å². The number of para-hydroxylation sites is 2. The van der Waals surface area contributed by atoms with Gasteiger partial charge in [0.15, 0.2) is 11.5 Å². The monoisotopic (exact) mass is 367 g/mol. The van der Waals surface area contributed by atoms with Crippen LogP contribution >= 0.6 is 11.3 Å². The van der Waals surface area contributed by atoms with Gasteiger partial charge < -0.3 is 14.8 Å². The van der Waals surface area contributed by atoms with Crippen LogP contribution in [-0.4, -0.2) is 18.5 Å². The Morgan fingerprint density at radius 2 is 1.81 bits per heavy atom. The van der Waals surface area contributed by atoms with Gasteiger partial charge in [-0.3, -0.25) is 4.79 Å². The van der Waals surface area contributed by atoms with Crippen molar-refractivity contribution < 1.29 is 19.1 Å². The zero-order valence-corrected chi connectivity index (χ0v) is 14.9. The molecule has 1 amide bonds. The maximum atomic E-state index is 12.4. The van der Waals surface area contributed by atoms with Crippen LogP contribution in [0, 0.1) is 0 Å². The molecule has 1 aromatic heterocycles. The second kappa shape index (κ2) is 8.31. The lowest BCUT2D eigenvalue weighted by Crippen LogP contribution is -2.12. The first kappa shape index (κ1) is 17.7. The molecule has 2 aromatic carbocycles. The summed E-state index contributed by atoms with van der Waals surface area (Å²) in [4.78, 5) is 25.2. The number of carbonyl (C=O) groups excluding carboxylic acids is 2. The number of carbonyl (C=O) groups is 2. The van der Waals surface area contributed by atoms with Crippen LogP contribution in [0.25, 0.3) is 0 Å². The standard InChI is InChI=1S/C20H17NO4S/c1-2-24-16-9-3-4-10-17(16)25-20(23)14-7-5-8-15(13-14)21-19(22)18-11-6-12-26-18/h3-13H,2H2,1H3,(H,21,22). The fraction of sp³-hybridized carbons (Fsp3) is 0.100. The van der Waals surface area contributed by atoms with Gasteiger partial charge in [-0.15, -0.1) is 11.3 Å². The molecule has 0 unspecified atom stereocenters. The maximum absolute atomic E-state index is 12.4. The summed E-state index contributed by atoms with van der Waals surface area (Å²) in [5.74, 6) is 0.120. The highest BCUT2D eigenvalue weighted by atomic mass is 32.1. The Balaban J connectivity index is 1.73. The summed E-state index contributed by atoms with van der Waals surface area (Å²) in [6.07, 6.45) is 0. The van der Waals surface area contributed by atoms with Gasteiger partial charge in [-0.2, -0.15) is 0 Å². The van der Waals surface area contributed by atoms with Crippen molar-refractivity contribution in [1.82, 2.24) is 0 Å². The van der Waals surface area contributed by atoms with Crippen LogP contribution in [0.3, 0.4) is 0 Å². The van der Waals surface area contributed by atoms with Crippen LogP contribution in [0.5, 0.6) is 11.5 Å². The Labute approximate surface area is 155 Å². The van der Waals surface area contributed by atoms with Crippen molar-refractivity contribution in [3.8, 4) is 11.5 Å². The minimum Gasteiger partial charge on any atom is -0.490 e. The fourth-order valence-corrected chi connectivity index (χ4v) is 2.91. The minimum absolute atomic E-state index is 0.216. The zero-order chi connectivity index (χ0) is 18.4. The summed E-state index contributed by atoms with van der Waals surface area (Å²) in [5, 5.41) is 4.61. The smallest absolute Gasteiger partial charge is 0.343 e. The summed E-state index contributed by atoms with van der Waals surface area (Å²) >= 11 is 1.35. The van der Waals surface area contributed by atoms with Gasteiger partial charge in [0, 0.05) is 5.69 Å². The van der Waals surface area contributed by atoms with E-state index in [-0.39, 0.29) is 5.91 Å². The SMILES string of the molecule is CCOc1ccccc1OC(=O)c1cccc(NC(=O)c2cccs2)c1. The second-order valence-electron chi connectivity index (χ2n) is 5.28. The van der Waals surface area contributed by atoms with E-state index in [1.165, 1.54) is 11.3 Å². The third-order valence-corrected chi connectivity index (χ3v) is 4.32. The van der Waals surface area contributed by atoms with Gasteiger partial charge in [0.1, 0.15) is 0 Å². The zero-order valence-electron chi connectivity index (χ0n) is 14.1. The van der Waals surface area contributed by atoms with Crippen LogP contribution in [0.15, 0.2) is 66.0 Å². The molecular formula is C20H17NO4S. The first-order valence-electron chi connectivity index (χ1n) is 8.06. The van der Waals surface area contributed by atoms with Gasteiger partial charge in [-0.05, 0) is 48.7 Å². The van der Waals surface area contributed by atoms with Crippen LogP contribution in [0.1, 0.15) is 27.0 Å². The first-order valence-corrected chi connectivity index (χ1v) is 8.94. The molecule has 3 aromatic rings. The molecule has 0 radical (unpaired) electrons. The molecule has 1 heterocycles. The van der Waals surface area contributed by atoms with E-state index in [4.69, 9.17) is 9.47 Å². The van der Waals surface area contributed by atoms with Crippen LogP contribution in [-0.2, 0) is 0 Å². The summed E-state index contributed by atoms with van der Waals surface area (Å²) in [7, 11) is 0. The number of ether oxygens (including phenoxy) is 2. The van der Waals surface area contributed by atoms with E-state index < -0.39 is 5.97 Å². The molecule has 0 fully saturated rings. The fourth-order valence-electron chi connectivity index (χ4n) is 2.29. The number of amides is 1. The Hall–Kier alpha value is -3.12. The molecule has 26 heavy (non-hydrogen) atoms. The van der Waals surface area contributed by atoms with E-state index in [0.717, 1.165) is 0 Å². The number of hydrogen-bond donors (Lipinski definition) is 1. The Bertz CT molecular complexity index is 906. The van der Waals surface area contributed by atoms with Crippen molar-refractivity contribution in [3.63, 3.8) is 0 Å². The molecule has 0 aliphatic carbocycles. The van der Waals surface area contributed by atoms with E-state index in [1.54, 1.807) is 48.5 Å². The predicted octanol–water partition coefficient (Wildman–Crippen LogP) is 4.62. The number of anilines is 1. The molecule has 0 bridgehead atoms. The molecule has 0 spiro atoms. The maximum Gasteiger partial charge on any atom is 0.343 e. The highest BCUT2D eigenvalue weighted by molar-refractivity contribution is 7.12. The Morgan fingerprint density at radius 3 is 2.54 bits per heavy atom. The number of hydrogen-bond acceptors (Lipinski definition) is 5. The number of nitrogens with one attached hydrogen (secondary N) is 1. The van der Waals surface area contributed by atoms with Gasteiger partial charge >= 0.3 is 5.97 Å². The average Bonchev–Trinajstić information content (AvgIpc) is 3.19. The Morgan fingerprint density at radius 1 is 1.00 bits per heavy atom. The van der Waals surface area contributed by atoms with Crippen LogP contribution in [0.2, 0.25) is 0 Å². The summed E-state index contributed by atoms with van der Waals surface area (Å²) in [6, 6.07) is 17.2. The largest absolute Gasteiger partial charge is 0.490 e. The number of thiophene rings is 1. The van der Waals surface area contributed by atoms with Crippen molar-refractivity contribution in [2.24, 2.45) is 0 Å². The topological polar surface area (TPSA) is 64.6 Å². The quantitative estimate of drug-likeness (QED) is 0.510. The van der Waals surface area contributed by atoms with Crippen molar-refractivity contribution in [1.29, 1.82) is 0 Å². The molecular weight excluding hydrogens is 350 g/mol. The minimum atomic E-state index is -0.524. The lowest BCUT2D eigenvalue weighted by molar-refractivity contribution is 0.0728. The molecule has 0 saturated heterocycles. The first-order chi connectivity index (χ1) is 12.7. The van der Waals surface area contributed by atoms with Gasteiger partial charge in [0.2, 0.25) is 0 Å². The normalized spacial score (nSPS) is 10.2. The van der Waals surface area contributed by atoms with E-state index in [2.05, 4.69) is 5.32 Å². The lowest BCUT2D eigenvalue weighted by Gasteiger charge is -2.11. The van der Waals surface area contributed by atoms with Crippen LogP contribution in [0.4, 0.5) is 5.69 Å². The third kappa shape index (κ3) is 4.29. The summed E-state index contributed by atoms with van der Waals surface area (Å²) in [6.45, 7) is 2.33. The van der Waals surface area contributed by atoms with Gasteiger partial charge in [-0.1, -0.05) is 24.3 Å². The molecule has 3 rings (SSSR count). The van der Waals surface area contributed by atoms with Crippen molar-refractivity contribution in [2.45, 2.75) is 6.92 Å². The van der Waals surface area contributed by atoms with Gasteiger partial charge in [0.25, 0.3) is 5.91 Å². The van der Waals surface area contributed by atoms with E-state index in [1.807, 2.05) is 24.4 Å². The number of rotatable bonds is 6. The second-order valence-corrected chi connectivity index (χ2v) is 6.23. The van der Waals surface area contributed by atoms with Crippen molar-refractivity contribution in [2.75, 3.05) is 11.9 Å². The highest BCUT2D eigenvalue weighted by Crippen LogP contribution is 2.27. The van der Waals surface area contributed by atoms with Crippen LogP contribution < -0.4 is 14.8 Å². The average molecular weight is 367 g/mol.